The van der Waals surface area contributed by atoms with Crippen molar-refractivity contribution in [3.63, 3.8) is 0 Å². The highest BCUT2D eigenvalue weighted by molar-refractivity contribution is 7.54. The summed E-state index contributed by atoms with van der Waals surface area (Å²) in [6.07, 6.45) is 0.484. The van der Waals surface area contributed by atoms with Crippen molar-refractivity contribution in [2.75, 3.05) is 20.3 Å². The lowest BCUT2D eigenvalue weighted by Crippen LogP contribution is -2.25. The first-order valence-corrected chi connectivity index (χ1v) is 8.55. The molecular weight excluding hydrogens is 277 g/mol. The molecule has 1 aromatic carbocycles. The first-order valence-electron chi connectivity index (χ1n) is 6.94. The lowest BCUT2D eigenvalue weighted by atomic mass is 10.1. The molecule has 1 saturated heterocycles. The number of rotatable bonds is 6. The van der Waals surface area contributed by atoms with E-state index in [0.717, 1.165) is 5.56 Å². The van der Waals surface area contributed by atoms with Gasteiger partial charge in [-0.2, -0.15) is 5.06 Å². The zero-order valence-electron chi connectivity index (χ0n) is 12.2. The highest BCUT2D eigenvalue weighted by atomic mass is 31.2. The smallest absolute Gasteiger partial charge is 0.308 e. The number of hydroxylamine groups is 2. The number of hydrogen-bond acceptors (Lipinski definition) is 5. The zero-order chi connectivity index (χ0) is 14.6. The van der Waals surface area contributed by atoms with E-state index in [-0.39, 0.29) is 11.9 Å². The zero-order valence-corrected chi connectivity index (χ0v) is 13.1. The summed E-state index contributed by atoms with van der Waals surface area (Å²) in [6.45, 7) is 4.35. The second-order valence-electron chi connectivity index (χ2n) is 4.64. The van der Waals surface area contributed by atoms with E-state index in [4.69, 9.17) is 13.9 Å². The van der Waals surface area contributed by atoms with Gasteiger partial charge in [0.05, 0.1) is 13.2 Å². The first kappa shape index (κ1) is 15.7. The van der Waals surface area contributed by atoms with Gasteiger partial charge in [0, 0.05) is 13.5 Å². The van der Waals surface area contributed by atoms with Crippen LogP contribution in [0, 0.1) is 0 Å². The summed E-state index contributed by atoms with van der Waals surface area (Å²) in [7, 11) is -1.40. The maximum absolute atomic E-state index is 12.8. The van der Waals surface area contributed by atoms with Crippen LogP contribution in [0.1, 0.15) is 31.9 Å². The maximum atomic E-state index is 12.8. The van der Waals surface area contributed by atoms with Gasteiger partial charge in [-0.3, -0.25) is 9.40 Å². The fourth-order valence-electron chi connectivity index (χ4n) is 2.42. The molecule has 0 saturated carbocycles. The van der Waals surface area contributed by atoms with Gasteiger partial charge in [0.15, 0.2) is 0 Å². The van der Waals surface area contributed by atoms with E-state index in [1.807, 2.05) is 44.2 Å². The molecule has 1 fully saturated rings. The Bertz CT molecular complexity index is 458. The summed E-state index contributed by atoms with van der Waals surface area (Å²) in [4.78, 5) is 5.80. The predicted octanol–water partition coefficient (Wildman–Crippen LogP) is 3.59. The molecule has 20 heavy (non-hydrogen) atoms. The molecule has 0 unspecified atom stereocenters. The average Bonchev–Trinajstić information content (AvgIpc) is 2.83. The largest absolute Gasteiger partial charge is 0.350 e. The third kappa shape index (κ3) is 3.30. The molecule has 0 radical (unpaired) electrons. The predicted molar refractivity (Wildman–Crippen MR) is 77.3 cm³/mol. The third-order valence-corrected chi connectivity index (χ3v) is 5.79. The molecule has 1 aromatic rings. The van der Waals surface area contributed by atoms with Gasteiger partial charge >= 0.3 is 7.60 Å². The molecule has 0 aliphatic carbocycles. The van der Waals surface area contributed by atoms with Crippen LogP contribution in [-0.2, 0) is 18.5 Å². The van der Waals surface area contributed by atoms with Gasteiger partial charge in [0.2, 0.25) is 0 Å². The van der Waals surface area contributed by atoms with Crippen molar-refractivity contribution in [1.82, 2.24) is 5.06 Å². The van der Waals surface area contributed by atoms with Crippen molar-refractivity contribution >= 4 is 7.60 Å². The van der Waals surface area contributed by atoms with Crippen molar-refractivity contribution in [3.05, 3.63) is 35.9 Å². The summed E-state index contributed by atoms with van der Waals surface area (Å²) in [6, 6.07) is 9.92. The SMILES string of the molecule is CCOP(=O)(OCC)[C@H]1C[C@@H](c2ccccc2)ON1C. The molecule has 1 aliphatic heterocycles. The van der Waals surface area contributed by atoms with E-state index < -0.39 is 7.60 Å². The van der Waals surface area contributed by atoms with Crippen molar-refractivity contribution in [2.24, 2.45) is 0 Å². The second-order valence-corrected chi connectivity index (χ2v) is 6.83. The molecule has 6 heteroatoms. The van der Waals surface area contributed by atoms with E-state index in [1.165, 1.54) is 0 Å². The Labute approximate surface area is 120 Å². The summed E-state index contributed by atoms with van der Waals surface area (Å²) >= 11 is 0. The third-order valence-electron chi connectivity index (χ3n) is 3.29. The standard InChI is InChI=1S/C14H22NO4P/c1-4-17-20(16,18-5-2)14-11-13(19-15(14)3)12-9-7-6-8-10-12/h6-10,13-14H,4-5,11H2,1-3H3/t13-,14-/m0/s1. The summed E-state index contributed by atoms with van der Waals surface area (Å²) < 4.78 is 23.7. The van der Waals surface area contributed by atoms with E-state index in [9.17, 15) is 4.57 Å². The van der Waals surface area contributed by atoms with Crippen LogP contribution in [0.3, 0.4) is 0 Å². The van der Waals surface area contributed by atoms with E-state index in [0.29, 0.717) is 19.6 Å². The highest BCUT2D eigenvalue weighted by Gasteiger charge is 2.46. The monoisotopic (exact) mass is 299 g/mol. The first-order chi connectivity index (χ1) is 9.60. The number of nitrogens with zero attached hydrogens (tertiary/aromatic N) is 1. The normalized spacial score (nSPS) is 24.1. The summed E-state index contributed by atoms with van der Waals surface area (Å²) in [5, 5.41) is 1.61. The quantitative estimate of drug-likeness (QED) is 0.751. The molecular formula is C14H22NO4P. The van der Waals surface area contributed by atoms with Gasteiger partial charge in [0.25, 0.3) is 0 Å². The maximum Gasteiger partial charge on any atom is 0.350 e. The van der Waals surface area contributed by atoms with Crippen LogP contribution < -0.4 is 0 Å². The fraction of sp³-hybridized carbons (Fsp3) is 0.571. The van der Waals surface area contributed by atoms with E-state index in [1.54, 1.807) is 12.1 Å². The van der Waals surface area contributed by atoms with Crippen LogP contribution in [0.4, 0.5) is 0 Å². The minimum atomic E-state index is -3.18. The van der Waals surface area contributed by atoms with Crippen molar-refractivity contribution in [1.29, 1.82) is 0 Å². The lowest BCUT2D eigenvalue weighted by molar-refractivity contribution is -0.137. The van der Waals surface area contributed by atoms with Crippen LogP contribution in [0.25, 0.3) is 0 Å². The van der Waals surface area contributed by atoms with E-state index in [2.05, 4.69) is 0 Å². The molecule has 112 valence electrons. The van der Waals surface area contributed by atoms with Crippen molar-refractivity contribution in [3.8, 4) is 0 Å². The van der Waals surface area contributed by atoms with Crippen molar-refractivity contribution in [2.45, 2.75) is 32.2 Å². The Kier molecular flexibility index (Phi) is 5.35. The molecule has 1 heterocycles. The molecule has 2 atom stereocenters. The minimum absolute atomic E-state index is 0.111. The minimum Gasteiger partial charge on any atom is -0.308 e. The topological polar surface area (TPSA) is 48.0 Å². The molecule has 0 aromatic heterocycles. The van der Waals surface area contributed by atoms with Crippen molar-refractivity contribution < 1.29 is 18.5 Å². The Hall–Kier alpha value is -0.710. The number of hydrogen-bond donors (Lipinski definition) is 0. The van der Waals surface area contributed by atoms with Gasteiger partial charge in [-0.05, 0) is 19.4 Å². The molecule has 0 N–H and O–H groups in total. The van der Waals surface area contributed by atoms with Crippen LogP contribution in [0.2, 0.25) is 0 Å². The van der Waals surface area contributed by atoms with E-state index >= 15 is 0 Å². The fourth-order valence-corrected chi connectivity index (χ4v) is 4.46. The molecule has 0 amide bonds. The van der Waals surface area contributed by atoms with Crippen LogP contribution in [-0.4, -0.2) is 31.1 Å². The van der Waals surface area contributed by atoms with Gasteiger partial charge in [-0.25, -0.2) is 0 Å². The summed E-state index contributed by atoms with van der Waals surface area (Å²) in [5.41, 5.74) is 1.07. The Morgan fingerprint density at radius 3 is 2.40 bits per heavy atom. The van der Waals surface area contributed by atoms with Gasteiger partial charge in [-0.15, -0.1) is 0 Å². The lowest BCUT2D eigenvalue weighted by Gasteiger charge is -2.25. The Morgan fingerprint density at radius 1 is 1.25 bits per heavy atom. The molecule has 2 rings (SSSR count). The molecule has 5 nitrogen and oxygen atoms in total. The Morgan fingerprint density at radius 2 is 1.85 bits per heavy atom. The van der Waals surface area contributed by atoms with Crippen LogP contribution in [0.5, 0.6) is 0 Å². The highest BCUT2D eigenvalue weighted by Crippen LogP contribution is 2.59. The average molecular weight is 299 g/mol. The molecule has 0 bridgehead atoms. The molecule has 1 aliphatic rings. The van der Waals surface area contributed by atoms with Crippen LogP contribution >= 0.6 is 7.60 Å². The van der Waals surface area contributed by atoms with Gasteiger partial charge in [-0.1, -0.05) is 30.3 Å². The van der Waals surface area contributed by atoms with Gasteiger partial charge < -0.3 is 9.05 Å². The Balaban J connectivity index is 2.15. The second kappa shape index (κ2) is 6.83. The number of benzene rings is 1. The van der Waals surface area contributed by atoms with Gasteiger partial charge in [0.1, 0.15) is 11.9 Å². The summed E-state index contributed by atoms with van der Waals surface area (Å²) in [5.74, 6) is -0.368. The van der Waals surface area contributed by atoms with Crippen LogP contribution in [0.15, 0.2) is 30.3 Å². The molecule has 0 spiro atoms.